The predicted octanol–water partition coefficient (Wildman–Crippen LogP) is 0.368. The van der Waals surface area contributed by atoms with Crippen LogP contribution in [0.5, 0.6) is 0 Å². The number of hydrogen-bond acceptors (Lipinski definition) is 4. The number of amides is 1. The first kappa shape index (κ1) is 15.0. The summed E-state index contributed by atoms with van der Waals surface area (Å²) in [6, 6.07) is -0.437. The van der Waals surface area contributed by atoms with Gasteiger partial charge in [0.05, 0.1) is 13.7 Å². The number of methoxy groups -OCH3 is 1. The molecule has 8 heteroatoms. The minimum absolute atomic E-state index is 0.472. The van der Waals surface area contributed by atoms with Crippen LogP contribution in [-0.4, -0.2) is 36.7 Å². The lowest BCUT2D eigenvalue weighted by molar-refractivity contribution is -0.143. The van der Waals surface area contributed by atoms with Crippen molar-refractivity contribution in [3.05, 3.63) is 35.1 Å². The number of carbonyl (C=O) groups is 2. The van der Waals surface area contributed by atoms with Gasteiger partial charge in [-0.2, -0.15) is 0 Å². The van der Waals surface area contributed by atoms with Gasteiger partial charge in [-0.1, -0.05) is 0 Å². The normalized spacial score (nSPS) is 11.8. The van der Waals surface area contributed by atoms with Crippen LogP contribution in [0.25, 0.3) is 0 Å². The van der Waals surface area contributed by atoms with Gasteiger partial charge in [0, 0.05) is 5.56 Å². The lowest BCUT2D eigenvalue weighted by Crippen LogP contribution is -2.44. The molecule has 0 saturated carbocycles. The summed E-state index contributed by atoms with van der Waals surface area (Å²) in [6.45, 7) is -0.759. The highest BCUT2D eigenvalue weighted by atomic mass is 19.2. The molecule has 0 radical (unpaired) electrons. The van der Waals surface area contributed by atoms with Gasteiger partial charge in [-0.3, -0.25) is 4.79 Å². The van der Waals surface area contributed by atoms with Gasteiger partial charge in [0.25, 0.3) is 5.91 Å². The summed E-state index contributed by atoms with van der Waals surface area (Å²) < 4.78 is 42.8. The van der Waals surface area contributed by atoms with E-state index in [-0.39, 0.29) is 0 Å². The van der Waals surface area contributed by atoms with Gasteiger partial charge >= 0.3 is 5.97 Å². The molecule has 0 saturated heterocycles. The molecule has 1 aromatic rings. The molecular formula is C11H10F3NO4. The van der Waals surface area contributed by atoms with Crippen LogP contribution < -0.4 is 5.32 Å². The van der Waals surface area contributed by atoms with E-state index in [1.54, 1.807) is 0 Å². The van der Waals surface area contributed by atoms with Crippen molar-refractivity contribution in [1.29, 1.82) is 0 Å². The molecular weight excluding hydrogens is 267 g/mol. The number of hydrogen-bond donors (Lipinski definition) is 2. The highest BCUT2D eigenvalue weighted by Crippen LogP contribution is 2.13. The largest absolute Gasteiger partial charge is 0.467 e. The average molecular weight is 277 g/mol. The number of rotatable bonds is 4. The maximum atomic E-state index is 12.9. The van der Waals surface area contributed by atoms with Crippen molar-refractivity contribution in [3.63, 3.8) is 0 Å². The number of ether oxygens (including phenoxy) is 1. The van der Waals surface area contributed by atoms with Gasteiger partial charge in [-0.05, 0) is 12.1 Å². The Morgan fingerprint density at radius 2 is 1.84 bits per heavy atom. The summed E-state index contributed by atoms with van der Waals surface area (Å²) in [5.41, 5.74) is -0.529. The number of esters is 1. The van der Waals surface area contributed by atoms with E-state index in [2.05, 4.69) is 4.74 Å². The van der Waals surface area contributed by atoms with Crippen molar-refractivity contribution in [3.8, 4) is 0 Å². The van der Waals surface area contributed by atoms with Crippen LogP contribution in [0.3, 0.4) is 0 Å². The Morgan fingerprint density at radius 3 is 2.26 bits per heavy atom. The molecule has 1 amide bonds. The molecule has 19 heavy (non-hydrogen) atoms. The number of benzene rings is 1. The standard InChI is InChI=1S/C11H10F3NO4/c1-19-11(18)8(4-16)15-10(17)5-2-6(12)9(14)7(13)3-5/h2-3,8,16H,4H2,1H3,(H,15,17). The quantitative estimate of drug-likeness (QED) is 0.616. The van der Waals surface area contributed by atoms with Gasteiger partial charge in [0.1, 0.15) is 0 Å². The third-order valence-electron chi connectivity index (χ3n) is 2.22. The van der Waals surface area contributed by atoms with Gasteiger partial charge in [0.2, 0.25) is 0 Å². The molecule has 1 rings (SSSR count). The zero-order chi connectivity index (χ0) is 14.6. The maximum absolute atomic E-state index is 12.9. The van der Waals surface area contributed by atoms with Crippen molar-refractivity contribution in [1.82, 2.24) is 5.32 Å². The van der Waals surface area contributed by atoms with Crippen LogP contribution in [0.1, 0.15) is 10.4 Å². The van der Waals surface area contributed by atoms with Gasteiger partial charge in [-0.25, -0.2) is 18.0 Å². The summed E-state index contributed by atoms with van der Waals surface area (Å²) >= 11 is 0. The van der Waals surface area contributed by atoms with E-state index in [0.717, 1.165) is 7.11 Å². The van der Waals surface area contributed by atoms with E-state index in [9.17, 15) is 22.8 Å². The lowest BCUT2D eigenvalue weighted by Gasteiger charge is -2.13. The molecule has 0 spiro atoms. The SMILES string of the molecule is COC(=O)C(CO)NC(=O)c1cc(F)c(F)c(F)c1. The topological polar surface area (TPSA) is 75.6 Å². The Hall–Kier alpha value is -2.09. The Balaban J connectivity index is 2.92. The smallest absolute Gasteiger partial charge is 0.330 e. The van der Waals surface area contributed by atoms with Crippen LogP contribution in [0, 0.1) is 17.5 Å². The highest BCUT2D eigenvalue weighted by molar-refractivity contribution is 5.96. The Bertz CT molecular complexity index is 484. The molecule has 1 atom stereocenters. The van der Waals surface area contributed by atoms with Crippen molar-refractivity contribution in [2.24, 2.45) is 0 Å². The molecule has 104 valence electrons. The van der Waals surface area contributed by atoms with Gasteiger partial charge in [0.15, 0.2) is 23.5 Å². The molecule has 0 bridgehead atoms. The summed E-state index contributed by atoms with van der Waals surface area (Å²) in [5, 5.41) is 10.8. The van der Waals surface area contributed by atoms with E-state index in [4.69, 9.17) is 5.11 Å². The first-order valence-electron chi connectivity index (χ1n) is 5.04. The number of aliphatic hydroxyl groups is 1. The molecule has 0 aliphatic carbocycles. The fourth-order valence-corrected chi connectivity index (χ4v) is 1.25. The van der Waals surface area contributed by atoms with Gasteiger partial charge in [-0.15, -0.1) is 0 Å². The van der Waals surface area contributed by atoms with E-state index >= 15 is 0 Å². The minimum Gasteiger partial charge on any atom is -0.467 e. The number of nitrogens with one attached hydrogen (secondary N) is 1. The number of carbonyl (C=O) groups excluding carboxylic acids is 2. The first-order chi connectivity index (χ1) is 8.90. The summed E-state index contributed by atoms with van der Waals surface area (Å²) in [6.07, 6.45) is 0. The van der Waals surface area contributed by atoms with E-state index in [1.165, 1.54) is 0 Å². The van der Waals surface area contributed by atoms with Crippen molar-refractivity contribution >= 4 is 11.9 Å². The maximum Gasteiger partial charge on any atom is 0.330 e. The molecule has 0 heterocycles. The predicted molar refractivity (Wildman–Crippen MR) is 56.7 cm³/mol. The average Bonchev–Trinajstić information content (AvgIpc) is 2.40. The zero-order valence-corrected chi connectivity index (χ0v) is 9.75. The van der Waals surface area contributed by atoms with E-state index in [1.807, 2.05) is 5.32 Å². The van der Waals surface area contributed by atoms with E-state index in [0.29, 0.717) is 12.1 Å². The molecule has 0 aliphatic rings. The van der Waals surface area contributed by atoms with Gasteiger partial charge < -0.3 is 15.2 Å². The minimum atomic E-state index is -1.71. The fourth-order valence-electron chi connectivity index (χ4n) is 1.25. The molecule has 1 aromatic carbocycles. The molecule has 2 N–H and O–H groups in total. The molecule has 1 unspecified atom stereocenters. The molecule has 0 fully saturated rings. The summed E-state index contributed by atoms with van der Waals surface area (Å²) in [5.74, 6) is -6.77. The molecule has 0 aromatic heterocycles. The van der Waals surface area contributed by atoms with Crippen LogP contribution in [0.2, 0.25) is 0 Å². The fraction of sp³-hybridized carbons (Fsp3) is 0.273. The van der Waals surface area contributed by atoms with E-state index < -0.39 is 47.5 Å². The van der Waals surface area contributed by atoms with Crippen LogP contribution in [0.4, 0.5) is 13.2 Å². The second kappa shape index (κ2) is 6.19. The third-order valence-corrected chi connectivity index (χ3v) is 2.22. The zero-order valence-electron chi connectivity index (χ0n) is 9.75. The van der Waals surface area contributed by atoms with Crippen LogP contribution in [0.15, 0.2) is 12.1 Å². The first-order valence-corrected chi connectivity index (χ1v) is 5.04. The number of halogens is 3. The summed E-state index contributed by atoms with van der Waals surface area (Å²) in [7, 11) is 1.04. The van der Waals surface area contributed by atoms with Crippen LogP contribution >= 0.6 is 0 Å². The lowest BCUT2D eigenvalue weighted by atomic mass is 10.1. The van der Waals surface area contributed by atoms with Crippen LogP contribution in [-0.2, 0) is 9.53 Å². The second-order valence-corrected chi connectivity index (χ2v) is 3.49. The monoisotopic (exact) mass is 277 g/mol. The third kappa shape index (κ3) is 3.44. The van der Waals surface area contributed by atoms with Crippen molar-refractivity contribution < 1.29 is 32.6 Å². The number of aliphatic hydroxyl groups excluding tert-OH is 1. The summed E-state index contributed by atoms with van der Waals surface area (Å²) in [4.78, 5) is 22.7. The molecule has 5 nitrogen and oxygen atoms in total. The highest BCUT2D eigenvalue weighted by Gasteiger charge is 2.22. The Kier molecular flexibility index (Phi) is 4.87. The Labute approximate surface area is 106 Å². The molecule has 0 aliphatic heterocycles. The van der Waals surface area contributed by atoms with Crippen molar-refractivity contribution in [2.75, 3.05) is 13.7 Å². The second-order valence-electron chi connectivity index (χ2n) is 3.49. The van der Waals surface area contributed by atoms with Crippen molar-refractivity contribution in [2.45, 2.75) is 6.04 Å². The Morgan fingerprint density at radius 1 is 1.32 bits per heavy atom.